The molecule has 1 saturated carbocycles. The summed E-state index contributed by atoms with van der Waals surface area (Å²) in [7, 11) is 0. The first-order chi connectivity index (χ1) is 17.7. The van der Waals surface area contributed by atoms with E-state index >= 15 is 0 Å². The average Bonchev–Trinajstić information content (AvgIpc) is 3.30. The van der Waals surface area contributed by atoms with E-state index in [1.807, 2.05) is 46.0 Å². The highest BCUT2D eigenvalue weighted by molar-refractivity contribution is 5.94. The molecule has 0 saturated heterocycles. The summed E-state index contributed by atoms with van der Waals surface area (Å²) in [5, 5.41) is 7.76. The molecule has 2 aromatic heterocycles. The molecule has 0 bridgehead atoms. The molecular weight excluding hydrogens is 450 g/mol. The number of nitrogens with zero attached hydrogens (tertiary/aromatic N) is 4. The van der Waals surface area contributed by atoms with Crippen molar-refractivity contribution in [3.8, 4) is 0 Å². The minimum Gasteiger partial charge on any atom is -0.345 e. The summed E-state index contributed by atoms with van der Waals surface area (Å²) in [4.78, 5) is 32.7. The van der Waals surface area contributed by atoms with Gasteiger partial charge in [0.15, 0.2) is 5.69 Å². The van der Waals surface area contributed by atoms with Crippen LogP contribution in [0.4, 0.5) is 0 Å². The quantitative estimate of drug-likeness (QED) is 0.516. The fourth-order valence-corrected chi connectivity index (χ4v) is 5.48. The molecule has 0 atom stereocenters. The number of carbonyl (C=O) groups excluding carboxylic acids is 2. The van der Waals surface area contributed by atoms with E-state index in [0.717, 1.165) is 42.6 Å². The highest BCUT2D eigenvalue weighted by atomic mass is 16.2. The molecule has 7 nitrogen and oxygen atoms in total. The van der Waals surface area contributed by atoms with Gasteiger partial charge in [0.2, 0.25) is 5.91 Å². The van der Waals surface area contributed by atoms with E-state index < -0.39 is 0 Å². The fourth-order valence-electron chi connectivity index (χ4n) is 5.48. The van der Waals surface area contributed by atoms with Crippen LogP contribution in [0.5, 0.6) is 0 Å². The molecule has 1 aromatic carbocycles. The van der Waals surface area contributed by atoms with Gasteiger partial charge in [-0.25, -0.2) is 0 Å². The molecule has 7 heteroatoms. The van der Waals surface area contributed by atoms with Gasteiger partial charge in [-0.1, -0.05) is 55.7 Å². The van der Waals surface area contributed by atoms with Crippen LogP contribution in [0, 0.1) is 5.92 Å². The Morgan fingerprint density at radius 1 is 1.00 bits per heavy atom. The molecule has 2 aliphatic rings. The first-order valence-corrected chi connectivity index (χ1v) is 13.3. The summed E-state index contributed by atoms with van der Waals surface area (Å²) in [6.45, 7) is 2.19. The van der Waals surface area contributed by atoms with Crippen LogP contribution in [0.25, 0.3) is 0 Å². The minimum absolute atomic E-state index is 0.211. The van der Waals surface area contributed by atoms with Gasteiger partial charge in [0.05, 0.1) is 12.2 Å². The summed E-state index contributed by atoms with van der Waals surface area (Å²) in [5.74, 6) is 0.503. The van der Waals surface area contributed by atoms with Crippen molar-refractivity contribution >= 4 is 11.8 Å². The number of aromatic nitrogens is 3. The molecular formula is C29H35N5O2. The van der Waals surface area contributed by atoms with Crippen LogP contribution < -0.4 is 5.32 Å². The van der Waals surface area contributed by atoms with Crippen molar-refractivity contribution in [1.29, 1.82) is 0 Å². The lowest BCUT2D eigenvalue weighted by Crippen LogP contribution is -2.38. The largest absolute Gasteiger partial charge is 0.345 e. The molecule has 1 aliphatic heterocycles. The number of benzene rings is 1. The third kappa shape index (κ3) is 5.83. The van der Waals surface area contributed by atoms with Gasteiger partial charge in [-0.05, 0) is 42.9 Å². The lowest BCUT2D eigenvalue weighted by atomic mass is 9.86. The second kappa shape index (κ2) is 11.5. The summed E-state index contributed by atoms with van der Waals surface area (Å²) in [5.41, 5.74) is 4.44. The van der Waals surface area contributed by atoms with Gasteiger partial charge >= 0.3 is 0 Å². The lowest BCUT2D eigenvalue weighted by Gasteiger charge is -2.30. The average molecular weight is 486 g/mol. The normalized spacial score (nSPS) is 15.9. The Morgan fingerprint density at radius 2 is 1.81 bits per heavy atom. The molecule has 36 heavy (non-hydrogen) atoms. The number of fused-ring (bicyclic) bond motifs is 1. The van der Waals surface area contributed by atoms with E-state index in [1.54, 1.807) is 6.20 Å². The number of aryl methyl sites for hydroxylation is 2. The number of hydrogen-bond donors (Lipinski definition) is 1. The van der Waals surface area contributed by atoms with E-state index in [9.17, 15) is 9.59 Å². The minimum atomic E-state index is -0.211. The van der Waals surface area contributed by atoms with Crippen LogP contribution in [0.15, 0.2) is 54.7 Å². The van der Waals surface area contributed by atoms with Crippen molar-refractivity contribution in [2.45, 2.75) is 71.0 Å². The Morgan fingerprint density at radius 3 is 2.58 bits per heavy atom. The highest BCUT2D eigenvalue weighted by Crippen LogP contribution is 2.29. The van der Waals surface area contributed by atoms with Crippen LogP contribution >= 0.6 is 0 Å². The van der Waals surface area contributed by atoms with E-state index in [4.69, 9.17) is 5.10 Å². The van der Waals surface area contributed by atoms with Crippen LogP contribution in [-0.4, -0.2) is 38.0 Å². The Labute approximate surface area is 212 Å². The van der Waals surface area contributed by atoms with Gasteiger partial charge in [-0.15, -0.1) is 0 Å². The van der Waals surface area contributed by atoms with Crippen LogP contribution in [0.3, 0.4) is 0 Å². The molecule has 188 valence electrons. The third-order valence-electron chi connectivity index (χ3n) is 7.50. The Kier molecular flexibility index (Phi) is 7.74. The van der Waals surface area contributed by atoms with Gasteiger partial charge in [-0.2, -0.15) is 5.10 Å². The van der Waals surface area contributed by atoms with E-state index in [1.165, 1.54) is 24.8 Å². The zero-order valence-corrected chi connectivity index (χ0v) is 20.9. The topological polar surface area (TPSA) is 80.1 Å². The smallest absolute Gasteiger partial charge is 0.272 e. The van der Waals surface area contributed by atoms with E-state index in [2.05, 4.69) is 22.4 Å². The summed E-state index contributed by atoms with van der Waals surface area (Å²) >= 11 is 0. The molecule has 5 rings (SSSR count). The maximum Gasteiger partial charge on any atom is 0.272 e. The molecule has 0 unspecified atom stereocenters. The SMILES string of the molecule is O=C(NCc1ccccn1)c1nn(CCc2ccccc2)c2c1CN(C(=O)CC1CCCCC1)CC2. The van der Waals surface area contributed by atoms with Gasteiger partial charge in [0.1, 0.15) is 0 Å². The number of hydrogen-bond acceptors (Lipinski definition) is 4. The summed E-state index contributed by atoms with van der Waals surface area (Å²) < 4.78 is 1.99. The number of pyridine rings is 1. The van der Waals surface area contributed by atoms with Crippen molar-refractivity contribution in [2.24, 2.45) is 5.92 Å². The Hall–Kier alpha value is -3.48. The van der Waals surface area contributed by atoms with Crippen LogP contribution in [-0.2, 0) is 37.3 Å². The first kappa shape index (κ1) is 24.2. The molecule has 3 heterocycles. The number of nitrogens with one attached hydrogen (secondary N) is 1. The molecule has 1 aliphatic carbocycles. The van der Waals surface area contributed by atoms with Gasteiger partial charge < -0.3 is 10.2 Å². The third-order valence-corrected chi connectivity index (χ3v) is 7.50. The van der Waals surface area contributed by atoms with Gasteiger partial charge in [-0.3, -0.25) is 19.3 Å². The monoisotopic (exact) mass is 485 g/mol. The zero-order valence-electron chi connectivity index (χ0n) is 20.9. The van der Waals surface area contributed by atoms with E-state index in [-0.39, 0.29) is 11.8 Å². The van der Waals surface area contributed by atoms with Crippen molar-refractivity contribution < 1.29 is 9.59 Å². The fraction of sp³-hybridized carbons (Fsp3) is 0.448. The highest BCUT2D eigenvalue weighted by Gasteiger charge is 2.31. The van der Waals surface area contributed by atoms with Crippen LogP contribution in [0.2, 0.25) is 0 Å². The molecule has 0 spiro atoms. The number of amides is 2. The number of carbonyl (C=O) groups is 2. The molecule has 1 fully saturated rings. The van der Waals surface area contributed by atoms with Crippen molar-refractivity contribution in [3.05, 3.63) is 82.9 Å². The lowest BCUT2D eigenvalue weighted by molar-refractivity contribution is -0.133. The Balaban J connectivity index is 1.33. The van der Waals surface area contributed by atoms with Crippen LogP contribution in [0.1, 0.15) is 71.5 Å². The maximum atomic E-state index is 13.3. The molecule has 3 aromatic rings. The predicted octanol–water partition coefficient (Wildman–Crippen LogP) is 4.31. The van der Waals surface area contributed by atoms with Gasteiger partial charge in [0, 0.05) is 49.9 Å². The maximum absolute atomic E-state index is 13.3. The van der Waals surface area contributed by atoms with Gasteiger partial charge in [0.25, 0.3) is 5.91 Å². The summed E-state index contributed by atoms with van der Waals surface area (Å²) in [6, 6.07) is 16.0. The van der Waals surface area contributed by atoms with Crippen molar-refractivity contribution in [1.82, 2.24) is 25.0 Å². The molecule has 1 N–H and O–H groups in total. The second-order valence-corrected chi connectivity index (χ2v) is 10.0. The zero-order chi connectivity index (χ0) is 24.7. The molecule has 2 amide bonds. The second-order valence-electron chi connectivity index (χ2n) is 10.0. The standard InChI is InChI=1S/C29H35N5O2/c35-27(19-23-11-5-2-6-12-23)33-17-15-26-25(21-33)28(29(36)31-20-24-13-7-8-16-30-24)32-34(26)18-14-22-9-3-1-4-10-22/h1,3-4,7-10,13,16,23H,2,5-6,11-12,14-15,17-21H2,(H,31,36). The Bertz CT molecular complexity index is 1170. The van der Waals surface area contributed by atoms with Crippen molar-refractivity contribution in [3.63, 3.8) is 0 Å². The van der Waals surface area contributed by atoms with E-state index in [0.29, 0.717) is 44.2 Å². The number of rotatable bonds is 8. The molecule has 0 radical (unpaired) electrons. The first-order valence-electron chi connectivity index (χ1n) is 13.3. The predicted molar refractivity (Wildman–Crippen MR) is 138 cm³/mol. The van der Waals surface area contributed by atoms with Crippen molar-refractivity contribution in [2.75, 3.05) is 6.54 Å². The summed E-state index contributed by atoms with van der Waals surface area (Å²) in [6.07, 6.45) is 9.98.